The first-order valence-corrected chi connectivity index (χ1v) is 10.1. The molecule has 0 aromatic carbocycles. The third-order valence-electron chi connectivity index (χ3n) is 6.25. The van der Waals surface area contributed by atoms with Gasteiger partial charge in [-0.15, -0.1) is 0 Å². The quantitative estimate of drug-likeness (QED) is 0.480. The van der Waals surface area contributed by atoms with Crippen LogP contribution in [0.3, 0.4) is 0 Å². The lowest BCUT2D eigenvalue weighted by atomic mass is 9.86. The summed E-state index contributed by atoms with van der Waals surface area (Å²) in [5.41, 5.74) is 7.08. The molecule has 26 heavy (non-hydrogen) atoms. The molecular formula is C19H32N4O3. The predicted octanol–water partition coefficient (Wildman–Crippen LogP) is 0.994. The van der Waals surface area contributed by atoms with Crippen LogP contribution in [0.25, 0.3) is 0 Å². The number of carbonyl (C=O) groups excluding carboxylic acids is 1. The van der Waals surface area contributed by atoms with E-state index in [0.29, 0.717) is 19.1 Å². The van der Waals surface area contributed by atoms with Gasteiger partial charge in [0, 0.05) is 17.8 Å². The average Bonchev–Trinajstić information content (AvgIpc) is 3.28. The molecule has 2 saturated carbocycles. The van der Waals surface area contributed by atoms with Crippen molar-refractivity contribution in [2.45, 2.75) is 75.7 Å². The highest BCUT2D eigenvalue weighted by Gasteiger charge is 2.50. The van der Waals surface area contributed by atoms with Crippen LogP contribution in [0.5, 0.6) is 0 Å². The second-order valence-corrected chi connectivity index (χ2v) is 8.41. The standard InChI is InChI=1S/C19H32N4O3/c20-14(8-12-4-2-1-3-5-12)9-23(21)16-11-26-17-15(10-25-18(16)17)22-19(24)13-6-7-13/h9,12-13,15-18H,1-8,10-11,20-21H2,(H,22,24)/b14-9-. The third-order valence-corrected chi connectivity index (χ3v) is 6.25. The summed E-state index contributed by atoms with van der Waals surface area (Å²) in [5, 5.41) is 4.74. The normalized spacial score (nSPS) is 35.3. The number of hydrogen-bond donors (Lipinski definition) is 3. The number of ether oxygens (including phenoxy) is 2. The molecule has 0 radical (unpaired) electrons. The molecule has 1 amide bonds. The Kier molecular flexibility index (Phi) is 5.38. The summed E-state index contributed by atoms with van der Waals surface area (Å²) >= 11 is 0. The molecule has 4 aliphatic rings. The molecule has 0 bridgehead atoms. The molecule has 7 heteroatoms. The molecule has 2 saturated heterocycles. The van der Waals surface area contributed by atoms with Crippen LogP contribution in [0.2, 0.25) is 0 Å². The van der Waals surface area contributed by atoms with Crippen LogP contribution in [0.1, 0.15) is 51.4 Å². The highest BCUT2D eigenvalue weighted by atomic mass is 16.6. The number of hydrogen-bond acceptors (Lipinski definition) is 6. The number of nitrogens with zero attached hydrogens (tertiary/aromatic N) is 1. The molecule has 2 heterocycles. The molecule has 0 aromatic heterocycles. The van der Waals surface area contributed by atoms with E-state index in [0.717, 1.165) is 25.0 Å². The second kappa shape index (κ2) is 7.74. The average molecular weight is 364 g/mol. The first-order valence-electron chi connectivity index (χ1n) is 10.1. The monoisotopic (exact) mass is 364 g/mol. The lowest BCUT2D eigenvalue weighted by Gasteiger charge is -2.27. The van der Waals surface area contributed by atoms with Gasteiger partial charge in [0.05, 0.1) is 25.3 Å². The summed E-state index contributed by atoms with van der Waals surface area (Å²) in [4.78, 5) is 12.0. The minimum Gasteiger partial charge on any atom is -0.401 e. The molecule has 4 fully saturated rings. The number of amides is 1. The van der Waals surface area contributed by atoms with Gasteiger partial charge in [0.15, 0.2) is 0 Å². The fourth-order valence-electron chi connectivity index (χ4n) is 4.57. The van der Waals surface area contributed by atoms with Crippen molar-refractivity contribution in [2.75, 3.05) is 13.2 Å². The Balaban J connectivity index is 1.30. The fraction of sp³-hybridized carbons (Fsp3) is 0.842. The molecule has 5 N–H and O–H groups in total. The number of allylic oxidation sites excluding steroid dienone is 1. The van der Waals surface area contributed by atoms with Crippen molar-refractivity contribution >= 4 is 5.91 Å². The lowest BCUT2D eigenvalue weighted by Crippen LogP contribution is -2.48. The number of hydrazine groups is 1. The zero-order valence-corrected chi connectivity index (χ0v) is 15.4. The molecule has 0 aromatic rings. The van der Waals surface area contributed by atoms with Gasteiger partial charge in [0.25, 0.3) is 0 Å². The van der Waals surface area contributed by atoms with Crippen molar-refractivity contribution in [1.82, 2.24) is 10.3 Å². The number of nitrogens with two attached hydrogens (primary N) is 2. The number of rotatable bonds is 6. The van der Waals surface area contributed by atoms with Crippen molar-refractivity contribution in [3.05, 3.63) is 11.9 Å². The maximum Gasteiger partial charge on any atom is 0.223 e. The fourth-order valence-corrected chi connectivity index (χ4v) is 4.57. The molecule has 4 rings (SSSR count). The van der Waals surface area contributed by atoms with Gasteiger partial charge >= 0.3 is 0 Å². The van der Waals surface area contributed by atoms with Crippen molar-refractivity contribution in [3.63, 3.8) is 0 Å². The molecule has 146 valence electrons. The van der Waals surface area contributed by atoms with Crippen molar-refractivity contribution in [1.29, 1.82) is 0 Å². The van der Waals surface area contributed by atoms with E-state index in [1.165, 1.54) is 32.1 Å². The van der Waals surface area contributed by atoms with Crippen LogP contribution < -0.4 is 16.9 Å². The van der Waals surface area contributed by atoms with Crippen LogP contribution in [0.15, 0.2) is 11.9 Å². The SMILES string of the molecule is N/C(=C\N(N)C1COC2C(NC(=O)C3CC3)COC21)CC1CCCCC1. The van der Waals surface area contributed by atoms with Gasteiger partial charge in [-0.3, -0.25) is 4.79 Å². The van der Waals surface area contributed by atoms with Gasteiger partial charge in [0.1, 0.15) is 12.2 Å². The minimum absolute atomic E-state index is 0.0623. The molecule has 2 aliphatic carbocycles. The Morgan fingerprint density at radius 3 is 2.54 bits per heavy atom. The summed E-state index contributed by atoms with van der Waals surface area (Å²) in [6.07, 6.45) is 11.0. The lowest BCUT2D eigenvalue weighted by molar-refractivity contribution is -0.123. The van der Waals surface area contributed by atoms with Crippen molar-refractivity contribution in [3.8, 4) is 0 Å². The van der Waals surface area contributed by atoms with E-state index in [9.17, 15) is 4.79 Å². The van der Waals surface area contributed by atoms with E-state index in [1.807, 2.05) is 6.20 Å². The Labute approximate surface area is 155 Å². The highest BCUT2D eigenvalue weighted by molar-refractivity contribution is 5.81. The zero-order chi connectivity index (χ0) is 18.1. The second-order valence-electron chi connectivity index (χ2n) is 8.41. The Bertz CT molecular complexity index is 545. The van der Waals surface area contributed by atoms with Gasteiger partial charge < -0.3 is 25.5 Å². The summed E-state index contributed by atoms with van der Waals surface area (Å²) in [6.45, 7) is 0.980. The summed E-state index contributed by atoms with van der Waals surface area (Å²) in [6, 6.07) is -0.136. The van der Waals surface area contributed by atoms with Crippen LogP contribution in [0.4, 0.5) is 0 Å². The topological polar surface area (TPSA) is 103 Å². The summed E-state index contributed by atoms with van der Waals surface area (Å²) < 4.78 is 11.8. The molecule has 4 atom stereocenters. The van der Waals surface area contributed by atoms with Crippen LogP contribution in [-0.4, -0.2) is 48.4 Å². The van der Waals surface area contributed by atoms with Gasteiger partial charge in [-0.05, 0) is 25.2 Å². The molecule has 0 spiro atoms. The van der Waals surface area contributed by atoms with Gasteiger partial charge in [0.2, 0.25) is 5.91 Å². The summed E-state index contributed by atoms with van der Waals surface area (Å²) in [7, 11) is 0. The van der Waals surface area contributed by atoms with E-state index in [-0.39, 0.29) is 36.1 Å². The number of nitrogens with one attached hydrogen (secondary N) is 1. The zero-order valence-electron chi connectivity index (χ0n) is 15.4. The van der Waals surface area contributed by atoms with Gasteiger partial charge in [-0.1, -0.05) is 32.1 Å². The van der Waals surface area contributed by atoms with Gasteiger partial charge in [-0.2, -0.15) is 0 Å². The largest absolute Gasteiger partial charge is 0.401 e. The van der Waals surface area contributed by atoms with Gasteiger partial charge in [-0.25, -0.2) is 5.84 Å². The van der Waals surface area contributed by atoms with Crippen molar-refractivity contribution < 1.29 is 14.3 Å². The maximum atomic E-state index is 12.0. The maximum absolute atomic E-state index is 12.0. The smallest absolute Gasteiger partial charge is 0.223 e. The Morgan fingerprint density at radius 2 is 1.81 bits per heavy atom. The Hall–Kier alpha value is -1.31. The Morgan fingerprint density at radius 1 is 1.08 bits per heavy atom. The molecule has 2 aliphatic heterocycles. The van der Waals surface area contributed by atoms with Crippen LogP contribution >= 0.6 is 0 Å². The molecule has 4 unspecified atom stereocenters. The highest BCUT2D eigenvalue weighted by Crippen LogP contribution is 2.33. The number of fused-ring (bicyclic) bond motifs is 1. The van der Waals surface area contributed by atoms with Crippen molar-refractivity contribution in [2.24, 2.45) is 23.4 Å². The van der Waals surface area contributed by atoms with Crippen LogP contribution in [-0.2, 0) is 14.3 Å². The summed E-state index contributed by atoms with van der Waals surface area (Å²) in [5.74, 6) is 7.29. The predicted molar refractivity (Wildman–Crippen MR) is 97.4 cm³/mol. The number of carbonyl (C=O) groups is 1. The minimum atomic E-state index is -0.123. The van der Waals surface area contributed by atoms with Crippen LogP contribution in [0, 0.1) is 11.8 Å². The van der Waals surface area contributed by atoms with E-state index < -0.39 is 0 Å². The first kappa shape index (κ1) is 18.1. The van der Waals surface area contributed by atoms with E-state index in [1.54, 1.807) is 5.01 Å². The molecule has 7 nitrogen and oxygen atoms in total. The van der Waals surface area contributed by atoms with E-state index in [2.05, 4.69) is 5.32 Å². The first-order chi connectivity index (χ1) is 12.6. The van der Waals surface area contributed by atoms with E-state index >= 15 is 0 Å². The third kappa shape index (κ3) is 4.00. The molecular weight excluding hydrogens is 332 g/mol. The van der Waals surface area contributed by atoms with E-state index in [4.69, 9.17) is 21.1 Å².